The molecule has 2 nitrogen and oxygen atoms in total. The number of nitrogens with one attached hydrogen (secondary N) is 1. The van der Waals surface area contributed by atoms with Gasteiger partial charge in [0.15, 0.2) is 11.6 Å². The smallest absolute Gasteiger partial charge is 0.182 e. The molecule has 0 bridgehead atoms. The van der Waals surface area contributed by atoms with Gasteiger partial charge in [-0.1, -0.05) is 0 Å². The lowest BCUT2D eigenvalue weighted by atomic mass is 10.2. The van der Waals surface area contributed by atoms with E-state index in [1.165, 1.54) is 6.20 Å². The summed E-state index contributed by atoms with van der Waals surface area (Å²) < 4.78 is 39.9. The second kappa shape index (κ2) is 4.75. The van der Waals surface area contributed by atoms with Crippen LogP contribution in [0, 0.1) is 17.5 Å². The number of hydrogen-bond acceptors (Lipinski definition) is 2. The Morgan fingerprint density at radius 3 is 2.53 bits per heavy atom. The van der Waals surface area contributed by atoms with E-state index in [2.05, 4.69) is 26.2 Å². The number of pyridine rings is 1. The minimum Gasteiger partial charge on any atom is -0.338 e. The van der Waals surface area contributed by atoms with Gasteiger partial charge in [-0.2, -0.15) is 0 Å². The van der Waals surface area contributed by atoms with Crippen molar-refractivity contribution in [3.63, 3.8) is 0 Å². The number of rotatable bonds is 2. The van der Waals surface area contributed by atoms with Gasteiger partial charge in [0.05, 0.1) is 5.69 Å². The van der Waals surface area contributed by atoms with Gasteiger partial charge < -0.3 is 5.32 Å². The van der Waals surface area contributed by atoms with Crippen LogP contribution in [-0.2, 0) is 0 Å². The van der Waals surface area contributed by atoms with Gasteiger partial charge in [0, 0.05) is 22.8 Å². The topological polar surface area (TPSA) is 24.9 Å². The highest BCUT2D eigenvalue weighted by molar-refractivity contribution is 9.10. The molecule has 17 heavy (non-hydrogen) atoms. The molecule has 6 heteroatoms. The SMILES string of the molecule is Fc1cc(F)c(F)c(Nc2ccc(Br)cn2)c1. The van der Waals surface area contributed by atoms with Gasteiger partial charge in [-0.25, -0.2) is 18.2 Å². The lowest BCUT2D eigenvalue weighted by molar-refractivity contribution is 0.498. The molecule has 0 fully saturated rings. The Labute approximate surface area is 104 Å². The summed E-state index contributed by atoms with van der Waals surface area (Å²) in [5.41, 5.74) is -0.294. The first-order valence-corrected chi connectivity index (χ1v) is 5.38. The second-order valence-electron chi connectivity index (χ2n) is 3.24. The summed E-state index contributed by atoms with van der Waals surface area (Å²) in [6.45, 7) is 0. The van der Waals surface area contributed by atoms with Crippen molar-refractivity contribution >= 4 is 27.4 Å². The van der Waals surface area contributed by atoms with Crippen molar-refractivity contribution in [1.29, 1.82) is 0 Å². The van der Waals surface area contributed by atoms with Crippen LogP contribution in [0.25, 0.3) is 0 Å². The summed E-state index contributed by atoms with van der Waals surface area (Å²) in [7, 11) is 0. The molecular formula is C11H6BrF3N2. The molecule has 0 saturated heterocycles. The second-order valence-corrected chi connectivity index (χ2v) is 4.15. The van der Waals surface area contributed by atoms with E-state index < -0.39 is 17.5 Å². The maximum Gasteiger partial charge on any atom is 0.182 e. The van der Waals surface area contributed by atoms with Crippen molar-refractivity contribution in [2.24, 2.45) is 0 Å². The van der Waals surface area contributed by atoms with Crippen LogP contribution < -0.4 is 5.32 Å². The highest BCUT2D eigenvalue weighted by Crippen LogP contribution is 2.22. The van der Waals surface area contributed by atoms with E-state index in [0.29, 0.717) is 6.07 Å². The molecule has 0 amide bonds. The van der Waals surface area contributed by atoms with Crippen LogP contribution in [0.15, 0.2) is 34.9 Å². The maximum absolute atomic E-state index is 13.3. The first kappa shape index (κ1) is 11.9. The van der Waals surface area contributed by atoms with Crippen LogP contribution in [0.1, 0.15) is 0 Å². The molecule has 1 heterocycles. The van der Waals surface area contributed by atoms with Crippen LogP contribution in [-0.4, -0.2) is 4.98 Å². The summed E-state index contributed by atoms with van der Waals surface area (Å²) in [6.07, 6.45) is 1.48. The molecule has 0 aliphatic rings. The third kappa shape index (κ3) is 2.76. The summed E-state index contributed by atoms with van der Waals surface area (Å²) >= 11 is 3.18. The molecule has 0 aliphatic heterocycles. The lowest BCUT2D eigenvalue weighted by Gasteiger charge is -2.07. The molecule has 2 rings (SSSR count). The van der Waals surface area contributed by atoms with E-state index in [9.17, 15) is 13.2 Å². The van der Waals surface area contributed by atoms with Crippen molar-refractivity contribution in [1.82, 2.24) is 4.98 Å². The van der Waals surface area contributed by atoms with E-state index in [1.54, 1.807) is 12.1 Å². The molecule has 0 unspecified atom stereocenters. The zero-order valence-corrected chi connectivity index (χ0v) is 9.93. The van der Waals surface area contributed by atoms with E-state index >= 15 is 0 Å². The Kier molecular flexibility index (Phi) is 3.33. The van der Waals surface area contributed by atoms with Crippen LogP contribution in [0.2, 0.25) is 0 Å². The van der Waals surface area contributed by atoms with E-state index in [-0.39, 0.29) is 11.5 Å². The molecule has 1 aromatic heterocycles. The molecule has 2 aromatic rings. The van der Waals surface area contributed by atoms with Crippen LogP contribution in [0.4, 0.5) is 24.7 Å². The maximum atomic E-state index is 13.3. The summed E-state index contributed by atoms with van der Waals surface area (Å²) in [4.78, 5) is 3.90. The first-order chi connectivity index (χ1) is 8.06. The zero-order valence-electron chi connectivity index (χ0n) is 8.35. The number of hydrogen-bond donors (Lipinski definition) is 1. The fourth-order valence-corrected chi connectivity index (χ4v) is 1.47. The Balaban J connectivity index is 2.32. The lowest BCUT2D eigenvalue weighted by Crippen LogP contribution is -1.99. The molecule has 0 aliphatic carbocycles. The molecule has 0 saturated carbocycles. The molecule has 0 radical (unpaired) electrons. The standard InChI is InChI=1S/C11H6BrF3N2/c12-6-1-2-10(16-5-6)17-9-4-7(13)3-8(14)11(9)15/h1-5H,(H,16,17). The van der Waals surface area contributed by atoms with E-state index in [1.807, 2.05) is 0 Å². The molecule has 0 spiro atoms. The fraction of sp³-hybridized carbons (Fsp3) is 0. The zero-order chi connectivity index (χ0) is 12.4. The van der Waals surface area contributed by atoms with Crippen molar-refractivity contribution in [2.75, 3.05) is 5.32 Å². The summed E-state index contributed by atoms with van der Waals surface area (Å²) in [5.74, 6) is -2.96. The predicted molar refractivity (Wildman–Crippen MR) is 61.5 cm³/mol. The number of nitrogens with zero attached hydrogens (tertiary/aromatic N) is 1. The minimum atomic E-state index is -1.25. The number of halogens is 4. The van der Waals surface area contributed by atoms with Crippen molar-refractivity contribution in [3.8, 4) is 0 Å². The van der Waals surface area contributed by atoms with Gasteiger partial charge in [0.1, 0.15) is 11.6 Å². The number of benzene rings is 1. The summed E-state index contributed by atoms with van der Waals surface area (Å²) in [5, 5.41) is 2.49. The Morgan fingerprint density at radius 2 is 1.88 bits per heavy atom. The van der Waals surface area contributed by atoms with Crippen molar-refractivity contribution < 1.29 is 13.2 Å². The normalized spacial score (nSPS) is 10.4. The third-order valence-electron chi connectivity index (χ3n) is 1.98. The monoisotopic (exact) mass is 302 g/mol. The average Bonchev–Trinajstić information content (AvgIpc) is 2.28. The molecular weight excluding hydrogens is 297 g/mol. The molecule has 0 atom stereocenters. The third-order valence-corrected chi connectivity index (χ3v) is 2.45. The summed E-state index contributed by atoms with van der Waals surface area (Å²) in [6, 6.07) is 4.56. The Morgan fingerprint density at radius 1 is 1.12 bits per heavy atom. The van der Waals surface area contributed by atoms with E-state index in [4.69, 9.17) is 0 Å². The van der Waals surface area contributed by atoms with Gasteiger partial charge in [0.25, 0.3) is 0 Å². The number of aromatic nitrogens is 1. The molecule has 1 aromatic carbocycles. The minimum absolute atomic E-state index is 0.289. The molecule has 1 N–H and O–H groups in total. The van der Waals surface area contributed by atoms with E-state index in [0.717, 1.165) is 10.5 Å². The van der Waals surface area contributed by atoms with Crippen molar-refractivity contribution in [3.05, 3.63) is 52.4 Å². The Bertz CT molecular complexity index is 543. The van der Waals surface area contributed by atoms with Crippen LogP contribution in [0.5, 0.6) is 0 Å². The van der Waals surface area contributed by atoms with Crippen molar-refractivity contribution in [2.45, 2.75) is 0 Å². The first-order valence-electron chi connectivity index (χ1n) is 4.59. The molecule has 88 valence electrons. The highest BCUT2D eigenvalue weighted by Gasteiger charge is 2.11. The van der Waals surface area contributed by atoms with Gasteiger partial charge >= 0.3 is 0 Å². The quantitative estimate of drug-likeness (QED) is 0.848. The van der Waals surface area contributed by atoms with Crippen LogP contribution in [0.3, 0.4) is 0 Å². The van der Waals surface area contributed by atoms with Gasteiger partial charge in [-0.15, -0.1) is 0 Å². The average molecular weight is 303 g/mol. The van der Waals surface area contributed by atoms with Gasteiger partial charge in [-0.3, -0.25) is 0 Å². The van der Waals surface area contributed by atoms with Gasteiger partial charge in [0.2, 0.25) is 0 Å². The highest BCUT2D eigenvalue weighted by atomic mass is 79.9. The predicted octanol–water partition coefficient (Wildman–Crippen LogP) is 4.01. The fourth-order valence-electron chi connectivity index (χ4n) is 1.23. The Hall–Kier alpha value is -1.56. The number of anilines is 2. The largest absolute Gasteiger partial charge is 0.338 e. The van der Waals surface area contributed by atoms with Gasteiger partial charge in [-0.05, 0) is 28.1 Å². The van der Waals surface area contributed by atoms with Crippen LogP contribution >= 0.6 is 15.9 Å².